The molecule has 0 unspecified atom stereocenters. The molecule has 18 heavy (non-hydrogen) atoms. The van der Waals surface area contributed by atoms with E-state index in [1.54, 1.807) is 13.2 Å². The molecule has 0 atom stereocenters. The van der Waals surface area contributed by atoms with Crippen LogP contribution in [-0.4, -0.2) is 24.4 Å². The number of hydrogen-bond donors (Lipinski definition) is 1. The van der Waals surface area contributed by atoms with Crippen molar-refractivity contribution in [3.63, 3.8) is 0 Å². The molecule has 1 aromatic carbocycles. The lowest BCUT2D eigenvalue weighted by Gasteiger charge is -2.19. The Kier molecular flexibility index (Phi) is 4.90. The van der Waals surface area contributed by atoms with Gasteiger partial charge in [-0.2, -0.15) is 0 Å². The highest BCUT2D eigenvalue weighted by atomic mass is 32.2. The van der Waals surface area contributed by atoms with Gasteiger partial charge in [0, 0.05) is 4.90 Å². The number of thioether (sulfide) groups is 1. The van der Waals surface area contributed by atoms with E-state index in [1.165, 1.54) is 11.8 Å². The van der Waals surface area contributed by atoms with Crippen LogP contribution in [0.1, 0.15) is 20.8 Å². The van der Waals surface area contributed by atoms with Gasteiger partial charge in [0.1, 0.15) is 11.4 Å². The van der Waals surface area contributed by atoms with Gasteiger partial charge in [0.15, 0.2) is 0 Å². The monoisotopic (exact) mass is 269 g/mol. The van der Waals surface area contributed by atoms with Crippen LogP contribution in [0.15, 0.2) is 23.1 Å². The van der Waals surface area contributed by atoms with E-state index < -0.39 is 5.60 Å². The van der Waals surface area contributed by atoms with E-state index in [4.69, 9.17) is 15.2 Å². The van der Waals surface area contributed by atoms with E-state index in [0.717, 1.165) is 4.90 Å². The Morgan fingerprint density at radius 2 is 2.06 bits per heavy atom. The summed E-state index contributed by atoms with van der Waals surface area (Å²) >= 11 is 1.35. The molecule has 0 saturated carbocycles. The maximum Gasteiger partial charge on any atom is 0.316 e. The van der Waals surface area contributed by atoms with Gasteiger partial charge in [-0.25, -0.2) is 0 Å². The molecular weight excluding hydrogens is 250 g/mol. The Morgan fingerprint density at radius 3 is 2.61 bits per heavy atom. The molecule has 0 bridgehead atoms. The number of nitrogens with two attached hydrogens (primary N) is 1. The molecule has 0 amide bonds. The first-order chi connectivity index (χ1) is 8.33. The summed E-state index contributed by atoms with van der Waals surface area (Å²) in [6, 6.07) is 5.48. The van der Waals surface area contributed by atoms with E-state index in [2.05, 4.69) is 0 Å². The van der Waals surface area contributed by atoms with Crippen molar-refractivity contribution in [1.29, 1.82) is 0 Å². The van der Waals surface area contributed by atoms with Gasteiger partial charge in [-0.05, 0) is 32.9 Å². The summed E-state index contributed by atoms with van der Waals surface area (Å²) in [5, 5.41) is 0. The number of hydrogen-bond acceptors (Lipinski definition) is 5. The molecule has 0 radical (unpaired) electrons. The Morgan fingerprint density at radius 1 is 1.39 bits per heavy atom. The fraction of sp³-hybridized carbons (Fsp3) is 0.462. The van der Waals surface area contributed by atoms with Gasteiger partial charge in [-0.15, -0.1) is 11.8 Å². The third-order valence-electron chi connectivity index (χ3n) is 2.01. The average Bonchev–Trinajstić information content (AvgIpc) is 2.25. The second kappa shape index (κ2) is 6.00. The third kappa shape index (κ3) is 4.49. The first-order valence-electron chi connectivity index (χ1n) is 5.60. The normalized spacial score (nSPS) is 11.1. The molecule has 4 nitrogen and oxygen atoms in total. The van der Waals surface area contributed by atoms with Crippen molar-refractivity contribution >= 4 is 23.4 Å². The Hall–Kier alpha value is -1.36. The maximum absolute atomic E-state index is 11.6. The minimum atomic E-state index is -0.461. The number of rotatable bonds is 4. The fourth-order valence-corrected chi connectivity index (χ4v) is 2.10. The molecule has 1 aromatic rings. The summed E-state index contributed by atoms with van der Waals surface area (Å²) in [6.07, 6.45) is 0. The molecule has 0 heterocycles. The van der Waals surface area contributed by atoms with Crippen LogP contribution < -0.4 is 10.5 Å². The number of ether oxygens (including phenoxy) is 2. The van der Waals surface area contributed by atoms with Gasteiger partial charge in [-0.3, -0.25) is 4.79 Å². The van der Waals surface area contributed by atoms with Crippen LogP contribution >= 0.6 is 11.8 Å². The van der Waals surface area contributed by atoms with Crippen molar-refractivity contribution in [2.75, 3.05) is 18.6 Å². The maximum atomic E-state index is 11.6. The second-order valence-electron chi connectivity index (χ2n) is 4.75. The van der Waals surface area contributed by atoms with Gasteiger partial charge in [0.05, 0.1) is 18.6 Å². The summed E-state index contributed by atoms with van der Waals surface area (Å²) < 4.78 is 10.3. The van der Waals surface area contributed by atoms with E-state index >= 15 is 0 Å². The van der Waals surface area contributed by atoms with Crippen LogP contribution in [0.25, 0.3) is 0 Å². The number of carbonyl (C=O) groups is 1. The summed E-state index contributed by atoms with van der Waals surface area (Å²) in [6.45, 7) is 5.53. The highest BCUT2D eigenvalue weighted by Crippen LogP contribution is 2.32. The summed E-state index contributed by atoms with van der Waals surface area (Å²) in [5.41, 5.74) is 6.00. The molecule has 100 valence electrons. The topological polar surface area (TPSA) is 61.5 Å². The van der Waals surface area contributed by atoms with Crippen molar-refractivity contribution in [1.82, 2.24) is 0 Å². The number of carbonyl (C=O) groups excluding carboxylic acids is 1. The van der Waals surface area contributed by atoms with Gasteiger partial charge in [0.2, 0.25) is 0 Å². The molecule has 0 aromatic heterocycles. The zero-order valence-electron chi connectivity index (χ0n) is 11.1. The zero-order chi connectivity index (χ0) is 13.8. The van der Waals surface area contributed by atoms with Gasteiger partial charge in [0.25, 0.3) is 0 Å². The number of benzene rings is 1. The van der Waals surface area contributed by atoms with Crippen molar-refractivity contribution in [3.05, 3.63) is 18.2 Å². The van der Waals surface area contributed by atoms with Crippen molar-refractivity contribution in [2.24, 2.45) is 0 Å². The Labute approximate surface area is 112 Å². The molecule has 0 aliphatic rings. The molecule has 2 N–H and O–H groups in total. The number of methoxy groups -OCH3 is 1. The van der Waals surface area contributed by atoms with E-state index in [9.17, 15) is 4.79 Å². The van der Waals surface area contributed by atoms with Crippen LogP contribution in [0, 0.1) is 0 Å². The fourth-order valence-electron chi connectivity index (χ4n) is 1.34. The Bertz CT molecular complexity index is 427. The average molecular weight is 269 g/mol. The summed E-state index contributed by atoms with van der Waals surface area (Å²) in [7, 11) is 1.56. The summed E-state index contributed by atoms with van der Waals surface area (Å²) in [4.78, 5) is 12.4. The van der Waals surface area contributed by atoms with Crippen LogP contribution in [-0.2, 0) is 9.53 Å². The SMILES string of the molecule is COc1cccc(SCC(=O)OC(C)(C)C)c1N. The lowest BCUT2D eigenvalue weighted by molar-refractivity contribution is -0.151. The van der Waals surface area contributed by atoms with E-state index in [0.29, 0.717) is 11.4 Å². The largest absolute Gasteiger partial charge is 0.495 e. The van der Waals surface area contributed by atoms with Crippen molar-refractivity contribution < 1.29 is 14.3 Å². The lowest BCUT2D eigenvalue weighted by Crippen LogP contribution is -2.24. The smallest absolute Gasteiger partial charge is 0.316 e. The highest BCUT2D eigenvalue weighted by molar-refractivity contribution is 8.00. The first kappa shape index (κ1) is 14.7. The number of para-hydroxylation sites is 1. The molecule has 0 saturated heterocycles. The zero-order valence-corrected chi connectivity index (χ0v) is 12.0. The minimum absolute atomic E-state index is 0.231. The number of esters is 1. The van der Waals surface area contributed by atoms with Gasteiger partial charge >= 0.3 is 5.97 Å². The van der Waals surface area contributed by atoms with E-state index in [1.807, 2.05) is 32.9 Å². The van der Waals surface area contributed by atoms with Crippen LogP contribution in [0.4, 0.5) is 5.69 Å². The second-order valence-corrected chi connectivity index (χ2v) is 5.76. The lowest BCUT2D eigenvalue weighted by atomic mass is 10.2. The van der Waals surface area contributed by atoms with Crippen LogP contribution in [0.3, 0.4) is 0 Å². The van der Waals surface area contributed by atoms with Crippen molar-refractivity contribution in [2.45, 2.75) is 31.3 Å². The molecule has 0 fully saturated rings. The first-order valence-corrected chi connectivity index (χ1v) is 6.59. The quantitative estimate of drug-likeness (QED) is 0.517. The van der Waals surface area contributed by atoms with Gasteiger partial charge < -0.3 is 15.2 Å². The predicted molar refractivity (Wildman–Crippen MR) is 74.0 cm³/mol. The molecule has 0 aliphatic carbocycles. The highest BCUT2D eigenvalue weighted by Gasteiger charge is 2.17. The third-order valence-corrected chi connectivity index (χ3v) is 3.06. The summed E-state index contributed by atoms with van der Waals surface area (Å²) in [5.74, 6) is 0.591. The molecular formula is C13H19NO3S. The predicted octanol–water partition coefficient (Wildman–Crippen LogP) is 2.71. The molecule has 0 aliphatic heterocycles. The molecule has 1 rings (SSSR count). The standard InChI is InChI=1S/C13H19NO3S/c1-13(2,3)17-11(15)8-18-10-7-5-6-9(16-4)12(10)14/h5-7H,8,14H2,1-4H3. The number of nitrogen functional groups attached to an aromatic ring is 1. The molecule has 0 spiro atoms. The van der Waals surface area contributed by atoms with Crippen molar-refractivity contribution in [3.8, 4) is 5.75 Å². The molecule has 5 heteroatoms. The van der Waals surface area contributed by atoms with E-state index in [-0.39, 0.29) is 11.7 Å². The number of anilines is 1. The minimum Gasteiger partial charge on any atom is -0.495 e. The van der Waals surface area contributed by atoms with Crippen LogP contribution in [0.2, 0.25) is 0 Å². The Balaban J connectivity index is 2.61. The van der Waals surface area contributed by atoms with Crippen LogP contribution in [0.5, 0.6) is 5.75 Å². The van der Waals surface area contributed by atoms with Gasteiger partial charge in [-0.1, -0.05) is 6.07 Å².